The van der Waals surface area contributed by atoms with Gasteiger partial charge in [-0.05, 0) is 86.0 Å². The van der Waals surface area contributed by atoms with Gasteiger partial charge in [0.15, 0.2) is 0 Å². The smallest absolute Gasteiger partial charge is 0.246 e. The molecule has 0 radical (unpaired) electrons. The van der Waals surface area contributed by atoms with Gasteiger partial charge in [-0.15, -0.1) is 0 Å². The van der Waals surface area contributed by atoms with E-state index in [0.29, 0.717) is 27.7 Å². The summed E-state index contributed by atoms with van der Waals surface area (Å²) in [5.74, 6) is 1.84. The lowest BCUT2D eigenvalue weighted by atomic mass is 9.88. The first-order chi connectivity index (χ1) is 17.0. The van der Waals surface area contributed by atoms with Gasteiger partial charge in [-0.2, -0.15) is 0 Å². The molecule has 2 aliphatic rings. The molecule has 3 aromatic rings. The largest absolute Gasteiger partial charge is 0.384 e. The average Bonchev–Trinajstić information content (AvgIpc) is 3.28. The van der Waals surface area contributed by atoms with Crippen molar-refractivity contribution in [1.29, 1.82) is 0 Å². The number of nitrogens with one attached hydrogen (secondary N) is 1. The third-order valence-electron chi connectivity index (χ3n) is 7.45. The van der Waals surface area contributed by atoms with Gasteiger partial charge in [0.2, 0.25) is 5.91 Å². The Balaban J connectivity index is 1.08. The van der Waals surface area contributed by atoms with Gasteiger partial charge in [-0.25, -0.2) is 4.98 Å². The molecule has 0 aliphatic carbocycles. The number of nitrogens with two attached hydrogens (primary N) is 1. The number of hydrogen-bond acceptors (Lipinski definition) is 4. The fourth-order valence-corrected chi connectivity index (χ4v) is 5.72. The molecule has 1 amide bonds. The summed E-state index contributed by atoms with van der Waals surface area (Å²) < 4.78 is 0. The lowest BCUT2D eigenvalue weighted by Crippen LogP contribution is -2.42. The van der Waals surface area contributed by atoms with E-state index in [1.165, 1.54) is 10.9 Å². The normalized spacial score (nSPS) is 18.6. The molecule has 8 heteroatoms. The standard InChI is InChI=1S/C27H31Cl2N5O/c28-23-3-1-18(13-24(23)29)2-4-27(35)34-11-5-19(6-12-34)17-33-9-7-20(8-10-33)22-15-31-25-16-32-26(30)14-21(22)25/h1-4,13-16,19-20,31H,5-12,17H2,(H2,30,32)/b4-2+. The zero-order valence-corrected chi connectivity index (χ0v) is 21.2. The minimum absolute atomic E-state index is 0.0601. The number of H-pyrrole nitrogens is 1. The Morgan fingerprint density at radius 3 is 2.60 bits per heavy atom. The number of benzene rings is 1. The van der Waals surface area contributed by atoms with E-state index in [0.717, 1.165) is 69.5 Å². The Kier molecular flexibility index (Phi) is 7.32. The lowest BCUT2D eigenvalue weighted by molar-refractivity contribution is -0.127. The van der Waals surface area contributed by atoms with E-state index in [9.17, 15) is 4.79 Å². The molecule has 6 nitrogen and oxygen atoms in total. The summed E-state index contributed by atoms with van der Waals surface area (Å²) in [5.41, 5.74) is 9.22. The number of likely N-dealkylation sites (tertiary alicyclic amines) is 2. The van der Waals surface area contributed by atoms with Crippen LogP contribution in [0.1, 0.15) is 42.7 Å². The fourth-order valence-electron chi connectivity index (χ4n) is 5.41. The van der Waals surface area contributed by atoms with E-state index in [-0.39, 0.29) is 5.91 Å². The van der Waals surface area contributed by atoms with Crippen LogP contribution in [0.4, 0.5) is 5.82 Å². The third-order valence-corrected chi connectivity index (χ3v) is 8.19. The molecule has 184 valence electrons. The van der Waals surface area contributed by atoms with Gasteiger partial charge < -0.3 is 20.5 Å². The summed E-state index contributed by atoms with van der Waals surface area (Å²) >= 11 is 12.0. The second kappa shape index (κ2) is 10.6. The quantitative estimate of drug-likeness (QED) is 0.438. The zero-order valence-electron chi connectivity index (χ0n) is 19.7. The van der Waals surface area contributed by atoms with E-state index in [4.69, 9.17) is 28.9 Å². The number of halogens is 2. The molecule has 3 N–H and O–H groups in total. The fraction of sp³-hybridized carbons (Fsp3) is 0.407. The minimum atomic E-state index is 0.0601. The molecule has 2 aliphatic heterocycles. The highest BCUT2D eigenvalue weighted by Gasteiger charge is 2.27. The molecule has 35 heavy (non-hydrogen) atoms. The maximum Gasteiger partial charge on any atom is 0.246 e. The molecule has 0 bridgehead atoms. The van der Waals surface area contributed by atoms with Crippen molar-refractivity contribution in [3.05, 3.63) is 63.9 Å². The number of aromatic nitrogens is 2. The van der Waals surface area contributed by atoms with Crippen LogP contribution >= 0.6 is 23.2 Å². The topological polar surface area (TPSA) is 78.2 Å². The van der Waals surface area contributed by atoms with Gasteiger partial charge in [0.05, 0.1) is 21.8 Å². The molecule has 1 aromatic carbocycles. The molecular formula is C27H31Cl2N5O. The Morgan fingerprint density at radius 1 is 1.09 bits per heavy atom. The van der Waals surface area contributed by atoms with E-state index < -0.39 is 0 Å². The van der Waals surface area contributed by atoms with Crippen molar-refractivity contribution in [1.82, 2.24) is 19.8 Å². The number of fused-ring (bicyclic) bond motifs is 1. The molecule has 5 rings (SSSR count). The number of piperidine rings is 2. The summed E-state index contributed by atoms with van der Waals surface area (Å²) in [6.45, 7) is 4.98. The van der Waals surface area contributed by atoms with Crippen LogP contribution in [0.3, 0.4) is 0 Å². The summed E-state index contributed by atoms with van der Waals surface area (Å²) in [5, 5.41) is 2.22. The molecular weight excluding hydrogens is 481 g/mol. The van der Waals surface area contributed by atoms with Gasteiger partial charge in [-0.3, -0.25) is 4.79 Å². The highest BCUT2D eigenvalue weighted by atomic mass is 35.5. The first-order valence-electron chi connectivity index (χ1n) is 12.3. The van der Waals surface area contributed by atoms with Crippen LogP contribution < -0.4 is 5.73 Å². The maximum absolute atomic E-state index is 12.6. The predicted molar refractivity (Wildman–Crippen MR) is 144 cm³/mol. The number of amides is 1. The molecule has 0 spiro atoms. The number of carbonyl (C=O) groups is 1. The average molecular weight is 512 g/mol. The van der Waals surface area contributed by atoms with Crippen molar-refractivity contribution < 1.29 is 4.79 Å². The Labute approximate surface area is 216 Å². The van der Waals surface area contributed by atoms with Crippen molar-refractivity contribution in [2.45, 2.75) is 31.6 Å². The Bertz CT molecular complexity index is 1220. The van der Waals surface area contributed by atoms with Crippen LogP contribution in [0.15, 0.2) is 42.7 Å². The minimum Gasteiger partial charge on any atom is -0.384 e. The Morgan fingerprint density at radius 2 is 1.86 bits per heavy atom. The molecule has 2 saturated heterocycles. The number of nitrogen functional groups attached to an aromatic ring is 1. The summed E-state index contributed by atoms with van der Waals surface area (Å²) in [6.07, 6.45) is 11.8. The number of nitrogens with zero attached hydrogens (tertiary/aromatic N) is 3. The number of carbonyl (C=O) groups excluding carboxylic acids is 1. The molecule has 0 saturated carbocycles. The van der Waals surface area contributed by atoms with Crippen LogP contribution in [0.5, 0.6) is 0 Å². The van der Waals surface area contributed by atoms with Crippen molar-refractivity contribution in [2.24, 2.45) is 5.92 Å². The molecule has 2 fully saturated rings. The van der Waals surface area contributed by atoms with E-state index in [2.05, 4.69) is 21.1 Å². The summed E-state index contributed by atoms with van der Waals surface area (Å²) in [4.78, 5) is 24.7. The number of rotatable bonds is 5. The third kappa shape index (κ3) is 5.66. The zero-order chi connectivity index (χ0) is 24.4. The van der Waals surface area contributed by atoms with Gasteiger partial charge in [0.25, 0.3) is 0 Å². The second-order valence-electron chi connectivity index (χ2n) is 9.75. The number of anilines is 1. The molecule has 2 aromatic heterocycles. The molecule has 0 atom stereocenters. The predicted octanol–water partition coefficient (Wildman–Crippen LogP) is 5.58. The highest BCUT2D eigenvalue weighted by molar-refractivity contribution is 6.42. The van der Waals surface area contributed by atoms with Crippen LogP contribution in [-0.2, 0) is 4.79 Å². The highest BCUT2D eigenvalue weighted by Crippen LogP contribution is 2.34. The maximum atomic E-state index is 12.6. The van der Waals surface area contributed by atoms with Crippen molar-refractivity contribution >= 4 is 51.9 Å². The van der Waals surface area contributed by atoms with Crippen molar-refractivity contribution in [2.75, 3.05) is 38.5 Å². The number of aromatic amines is 1. The monoisotopic (exact) mass is 511 g/mol. The van der Waals surface area contributed by atoms with E-state index in [1.54, 1.807) is 24.3 Å². The first kappa shape index (κ1) is 24.2. The SMILES string of the molecule is Nc1cc2c(C3CCN(CC4CCN(C(=O)/C=C/c5ccc(Cl)c(Cl)c5)CC4)CC3)c[nH]c2cn1. The van der Waals surface area contributed by atoms with Gasteiger partial charge >= 0.3 is 0 Å². The summed E-state index contributed by atoms with van der Waals surface area (Å²) in [6, 6.07) is 7.37. The van der Waals surface area contributed by atoms with E-state index >= 15 is 0 Å². The van der Waals surface area contributed by atoms with Crippen LogP contribution in [0.25, 0.3) is 17.0 Å². The van der Waals surface area contributed by atoms with Crippen molar-refractivity contribution in [3.63, 3.8) is 0 Å². The molecule has 0 unspecified atom stereocenters. The molecule has 4 heterocycles. The Hall–Kier alpha value is -2.54. The van der Waals surface area contributed by atoms with Crippen LogP contribution in [-0.4, -0.2) is 58.4 Å². The van der Waals surface area contributed by atoms with Gasteiger partial charge in [0, 0.05) is 37.3 Å². The van der Waals surface area contributed by atoms with Crippen LogP contribution in [0.2, 0.25) is 10.0 Å². The van der Waals surface area contributed by atoms with Gasteiger partial charge in [-0.1, -0.05) is 29.3 Å². The van der Waals surface area contributed by atoms with Crippen LogP contribution in [0, 0.1) is 5.92 Å². The number of hydrogen-bond donors (Lipinski definition) is 2. The van der Waals surface area contributed by atoms with Crippen molar-refractivity contribution in [3.8, 4) is 0 Å². The van der Waals surface area contributed by atoms with Gasteiger partial charge in [0.1, 0.15) is 5.82 Å². The number of pyridine rings is 1. The second-order valence-corrected chi connectivity index (χ2v) is 10.6. The summed E-state index contributed by atoms with van der Waals surface area (Å²) in [7, 11) is 0. The lowest BCUT2D eigenvalue weighted by Gasteiger charge is -2.37. The first-order valence-corrected chi connectivity index (χ1v) is 13.1. The van der Waals surface area contributed by atoms with E-state index in [1.807, 2.05) is 23.2 Å².